The van der Waals surface area contributed by atoms with E-state index in [1.54, 1.807) is 23.0 Å². The summed E-state index contributed by atoms with van der Waals surface area (Å²) in [5, 5.41) is 2.89. The number of rotatable bonds is 5. The van der Waals surface area contributed by atoms with Crippen molar-refractivity contribution < 1.29 is 4.79 Å². The number of aliphatic imine (C=N–C) groups is 1. The van der Waals surface area contributed by atoms with Crippen LogP contribution in [0.3, 0.4) is 0 Å². The number of carbonyl (C=O) groups excluding carboxylic acids is 1. The second-order valence-electron chi connectivity index (χ2n) is 7.15. The molecule has 4 rings (SSSR count). The maximum Gasteiger partial charge on any atom is 0.256 e. The monoisotopic (exact) mass is 409 g/mol. The number of amides is 1. The molecule has 1 heterocycles. The summed E-state index contributed by atoms with van der Waals surface area (Å²) in [6, 6.07) is 26.8. The van der Waals surface area contributed by atoms with Gasteiger partial charge in [0.25, 0.3) is 5.91 Å². The molecule has 0 unspecified atom stereocenters. The van der Waals surface area contributed by atoms with Crippen molar-refractivity contribution in [3.8, 4) is 5.69 Å². The highest BCUT2D eigenvalue weighted by molar-refractivity contribution is 6.13. The third-order valence-electron chi connectivity index (χ3n) is 4.87. The number of aromatic nitrogens is 2. The van der Waals surface area contributed by atoms with E-state index in [1.165, 1.54) is 0 Å². The molecule has 0 aliphatic carbocycles. The Morgan fingerprint density at radius 1 is 0.968 bits per heavy atom. The van der Waals surface area contributed by atoms with E-state index in [0.29, 0.717) is 29.5 Å². The number of hydrogen-bond donors (Lipinski definition) is 2. The van der Waals surface area contributed by atoms with Crippen molar-refractivity contribution in [2.75, 3.05) is 5.73 Å². The summed E-state index contributed by atoms with van der Waals surface area (Å²) >= 11 is 0. The highest BCUT2D eigenvalue weighted by Gasteiger charge is 2.18. The lowest BCUT2D eigenvalue weighted by atomic mass is 10.2. The molecule has 154 valence electrons. The first-order valence-corrected chi connectivity index (χ1v) is 9.97. The van der Waals surface area contributed by atoms with Gasteiger partial charge >= 0.3 is 0 Å². The Kier molecular flexibility index (Phi) is 5.89. The quantitative estimate of drug-likeness (QED) is 0.384. The minimum atomic E-state index is -0.267. The predicted molar refractivity (Wildman–Crippen MR) is 123 cm³/mol. The molecule has 0 fully saturated rings. The number of imidazole rings is 1. The number of nitrogen functional groups attached to an aromatic ring is 1. The van der Waals surface area contributed by atoms with E-state index >= 15 is 0 Å². The zero-order valence-corrected chi connectivity index (χ0v) is 17.2. The summed E-state index contributed by atoms with van der Waals surface area (Å²) in [6.07, 6.45) is 1.64. The van der Waals surface area contributed by atoms with Gasteiger partial charge in [-0.2, -0.15) is 0 Å². The van der Waals surface area contributed by atoms with Crippen molar-refractivity contribution in [3.63, 3.8) is 0 Å². The summed E-state index contributed by atoms with van der Waals surface area (Å²) in [5.74, 6) is 0.474. The van der Waals surface area contributed by atoms with Crippen LogP contribution in [-0.4, -0.2) is 21.3 Å². The molecule has 0 spiro atoms. The molecule has 6 heteroatoms. The first-order chi connectivity index (χ1) is 15.1. The van der Waals surface area contributed by atoms with E-state index in [-0.39, 0.29) is 5.91 Å². The van der Waals surface area contributed by atoms with Crippen molar-refractivity contribution >= 4 is 17.6 Å². The van der Waals surface area contributed by atoms with Crippen molar-refractivity contribution in [2.24, 2.45) is 4.99 Å². The van der Waals surface area contributed by atoms with Gasteiger partial charge in [-0.05, 0) is 36.8 Å². The van der Waals surface area contributed by atoms with E-state index in [2.05, 4.69) is 15.3 Å². The van der Waals surface area contributed by atoms with Crippen LogP contribution < -0.4 is 11.1 Å². The highest BCUT2D eigenvalue weighted by atomic mass is 16.1. The van der Waals surface area contributed by atoms with Crippen LogP contribution in [0.4, 0.5) is 5.82 Å². The average molecular weight is 409 g/mol. The zero-order chi connectivity index (χ0) is 21.6. The van der Waals surface area contributed by atoms with Gasteiger partial charge in [-0.15, -0.1) is 0 Å². The Morgan fingerprint density at radius 2 is 1.61 bits per heavy atom. The summed E-state index contributed by atoms with van der Waals surface area (Å²) in [6.45, 7) is 2.42. The van der Waals surface area contributed by atoms with Gasteiger partial charge in [0.2, 0.25) is 0 Å². The number of nitrogens with zero attached hydrogens (tertiary/aromatic N) is 3. The standard InChI is InChI=1S/C25H23N5O/c1-18-12-14-21(15-13-18)30-17-28-22(23(30)26)24(27-16-19-8-4-2-5-9-19)29-25(31)20-10-6-3-7-11-20/h2-15,17H,16,26H2,1H3,(H,27,29,31). The molecule has 1 aromatic heterocycles. The Hall–Kier alpha value is -4.19. The lowest BCUT2D eigenvalue weighted by Crippen LogP contribution is -2.32. The first-order valence-electron chi connectivity index (χ1n) is 9.97. The largest absolute Gasteiger partial charge is 0.383 e. The number of carbonyl (C=O) groups is 1. The van der Waals surface area contributed by atoms with E-state index in [0.717, 1.165) is 16.8 Å². The normalized spacial score (nSPS) is 11.3. The van der Waals surface area contributed by atoms with Gasteiger partial charge in [-0.25, -0.2) is 4.98 Å². The van der Waals surface area contributed by atoms with Crippen molar-refractivity contribution in [2.45, 2.75) is 13.5 Å². The summed E-state index contributed by atoms with van der Waals surface area (Å²) in [5.41, 5.74) is 10.5. The Balaban J connectivity index is 1.68. The molecule has 0 atom stereocenters. The smallest absolute Gasteiger partial charge is 0.256 e. The van der Waals surface area contributed by atoms with Crippen LogP contribution >= 0.6 is 0 Å². The molecule has 6 nitrogen and oxygen atoms in total. The maximum atomic E-state index is 12.8. The van der Waals surface area contributed by atoms with Gasteiger partial charge in [0.05, 0.1) is 6.54 Å². The topological polar surface area (TPSA) is 85.3 Å². The molecule has 0 saturated heterocycles. The number of amidine groups is 1. The van der Waals surface area contributed by atoms with Crippen LogP contribution in [0.2, 0.25) is 0 Å². The van der Waals surface area contributed by atoms with E-state index in [9.17, 15) is 4.79 Å². The number of nitrogens with two attached hydrogens (primary N) is 1. The van der Waals surface area contributed by atoms with Gasteiger partial charge in [0, 0.05) is 11.3 Å². The van der Waals surface area contributed by atoms with Crippen molar-refractivity contribution in [1.82, 2.24) is 14.9 Å². The summed E-state index contributed by atoms with van der Waals surface area (Å²) in [7, 11) is 0. The lowest BCUT2D eigenvalue weighted by Gasteiger charge is -2.10. The van der Waals surface area contributed by atoms with Crippen LogP contribution in [0.25, 0.3) is 5.69 Å². The van der Waals surface area contributed by atoms with Gasteiger partial charge in [-0.3, -0.25) is 14.4 Å². The van der Waals surface area contributed by atoms with Crippen LogP contribution in [0.1, 0.15) is 27.2 Å². The first kappa shape index (κ1) is 20.1. The molecule has 0 saturated carbocycles. The van der Waals surface area contributed by atoms with Crippen LogP contribution in [-0.2, 0) is 6.54 Å². The SMILES string of the molecule is Cc1ccc(-n2cnc(C(=NCc3ccccc3)NC(=O)c3ccccc3)c2N)cc1. The third kappa shape index (κ3) is 4.70. The number of hydrogen-bond acceptors (Lipinski definition) is 4. The van der Waals surface area contributed by atoms with Crippen molar-refractivity contribution in [3.05, 3.63) is 114 Å². The van der Waals surface area contributed by atoms with E-state index in [1.807, 2.05) is 79.7 Å². The molecule has 0 radical (unpaired) electrons. The molecule has 31 heavy (non-hydrogen) atoms. The molecule has 3 aromatic carbocycles. The number of aryl methyl sites for hydroxylation is 1. The number of nitrogens with one attached hydrogen (secondary N) is 1. The van der Waals surface area contributed by atoms with Crippen LogP contribution in [0, 0.1) is 6.92 Å². The second kappa shape index (κ2) is 9.09. The molecular formula is C25H23N5O. The molecule has 0 aliphatic heterocycles. The number of anilines is 1. The molecule has 0 aliphatic rings. The lowest BCUT2D eigenvalue weighted by molar-refractivity contribution is 0.0977. The predicted octanol–water partition coefficient (Wildman–Crippen LogP) is 4.14. The summed E-state index contributed by atoms with van der Waals surface area (Å²) in [4.78, 5) is 21.9. The summed E-state index contributed by atoms with van der Waals surface area (Å²) < 4.78 is 1.78. The highest BCUT2D eigenvalue weighted by Crippen LogP contribution is 2.18. The molecular weight excluding hydrogens is 386 g/mol. The second-order valence-corrected chi connectivity index (χ2v) is 7.15. The fraction of sp³-hybridized carbons (Fsp3) is 0.0800. The Bertz CT molecular complexity index is 1200. The van der Waals surface area contributed by atoms with Gasteiger partial charge < -0.3 is 11.1 Å². The van der Waals surface area contributed by atoms with E-state index in [4.69, 9.17) is 5.73 Å². The Labute approximate surface area is 181 Å². The fourth-order valence-electron chi connectivity index (χ4n) is 3.15. The van der Waals surface area contributed by atoms with Gasteiger partial charge in [0.1, 0.15) is 17.8 Å². The molecule has 3 N–H and O–H groups in total. The zero-order valence-electron chi connectivity index (χ0n) is 17.2. The van der Waals surface area contributed by atoms with Crippen LogP contribution in [0.15, 0.2) is 96.2 Å². The molecule has 0 bridgehead atoms. The molecule has 1 amide bonds. The van der Waals surface area contributed by atoms with Crippen molar-refractivity contribution in [1.29, 1.82) is 0 Å². The fourth-order valence-corrected chi connectivity index (χ4v) is 3.15. The van der Waals surface area contributed by atoms with Gasteiger partial charge in [0.15, 0.2) is 5.84 Å². The average Bonchev–Trinajstić information content (AvgIpc) is 3.19. The Morgan fingerprint density at radius 3 is 2.29 bits per heavy atom. The minimum absolute atomic E-state index is 0.267. The third-order valence-corrected chi connectivity index (χ3v) is 4.87. The molecule has 4 aromatic rings. The maximum absolute atomic E-state index is 12.8. The van der Waals surface area contributed by atoms with Crippen LogP contribution in [0.5, 0.6) is 0 Å². The minimum Gasteiger partial charge on any atom is -0.383 e. The van der Waals surface area contributed by atoms with Gasteiger partial charge in [-0.1, -0.05) is 66.2 Å². The van der Waals surface area contributed by atoms with E-state index < -0.39 is 0 Å². The number of benzene rings is 3.